The van der Waals surface area contributed by atoms with Crippen LogP contribution in [-0.2, 0) is 22.6 Å². The number of Topliss-reactive ketones (excluding diaryl/α,β-unsaturated/α-hetero) is 1. The van der Waals surface area contributed by atoms with Crippen molar-refractivity contribution in [1.82, 2.24) is 5.32 Å². The summed E-state index contributed by atoms with van der Waals surface area (Å²) in [6.45, 7) is 0.315. The van der Waals surface area contributed by atoms with E-state index in [1.165, 1.54) is 0 Å². The van der Waals surface area contributed by atoms with Crippen molar-refractivity contribution in [3.05, 3.63) is 64.7 Å². The first kappa shape index (κ1) is 17.0. The maximum atomic E-state index is 11.8. The van der Waals surface area contributed by atoms with Gasteiger partial charge in [0.15, 0.2) is 0 Å². The molecule has 0 saturated carbocycles. The molecule has 0 atom stereocenters. The molecule has 0 heterocycles. The SMILES string of the molecule is COc1ccc(CNC(=O)C(=O)CCc2ccc(Cl)cc2)cc1. The van der Waals surface area contributed by atoms with E-state index in [1.807, 2.05) is 36.4 Å². The Morgan fingerprint density at radius 1 is 1.00 bits per heavy atom. The van der Waals surface area contributed by atoms with Crippen LogP contribution < -0.4 is 10.1 Å². The van der Waals surface area contributed by atoms with Gasteiger partial charge in [-0.25, -0.2) is 0 Å². The summed E-state index contributed by atoms with van der Waals surface area (Å²) in [6, 6.07) is 14.5. The monoisotopic (exact) mass is 331 g/mol. The molecule has 0 bridgehead atoms. The highest BCUT2D eigenvalue weighted by Crippen LogP contribution is 2.12. The van der Waals surface area contributed by atoms with Crippen molar-refractivity contribution in [2.45, 2.75) is 19.4 Å². The molecule has 4 nitrogen and oxygen atoms in total. The molecule has 0 fully saturated rings. The zero-order chi connectivity index (χ0) is 16.7. The van der Waals surface area contributed by atoms with Gasteiger partial charge in [0.2, 0.25) is 5.78 Å². The second kappa shape index (κ2) is 8.34. The van der Waals surface area contributed by atoms with E-state index in [-0.39, 0.29) is 6.42 Å². The molecule has 0 aromatic heterocycles. The number of carbonyl (C=O) groups excluding carboxylic acids is 2. The summed E-state index contributed by atoms with van der Waals surface area (Å²) in [6.07, 6.45) is 0.696. The Hall–Kier alpha value is -2.33. The van der Waals surface area contributed by atoms with Gasteiger partial charge in [0, 0.05) is 18.0 Å². The van der Waals surface area contributed by atoms with E-state index in [9.17, 15) is 9.59 Å². The molecule has 0 unspecified atom stereocenters. The number of benzene rings is 2. The van der Waals surface area contributed by atoms with E-state index in [0.717, 1.165) is 16.9 Å². The minimum Gasteiger partial charge on any atom is -0.497 e. The van der Waals surface area contributed by atoms with Gasteiger partial charge in [-0.2, -0.15) is 0 Å². The van der Waals surface area contributed by atoms with Gasteiger partial charge in [0.1, 0.15) is 5.75 Å². The van der Waals surface area contributed by atoms with Crippen molar-refractivity contribution in [2.75, 3.05) is 7.11 Å². The average molecular weight is 332 g/mol. The van der Waals surface area contributed by atoms with Crippen LogP contribution in [0.4, 0.5) is 0 Å². The van der Waals surface area contributed by atoms with Crippen molar-refractivity contribution in [2.24, 2.45) is 0 Å². The quantitative estimate of drug-likeness (QED) is 0.793. The maximum absolute atomic E-state index is 11.8. The Balaban J connectivity index is 1.77. The molecule has 2 rings (SSSR count). The summed E-state index contributed by atoms with van der Waals surface area (Å²) in [5.74, 6) is -0.234. The van der Waals surface area contributed by atoms with Crippen molar-refractivity contribution in [3.8, 4) is 5.75 Å². The first-order chi connectivity index (χ1) is 11.1. The van der Waals surface area contributed by atoms with Crippen molar-refractivity contribution in [1.29, 1.82) is 0 Å². The highest BCUT2D eigenvalue weighted by molar-refractivity contribution is 6.36. The summed E-state index contributed by atoms with van der Waals surface area (Å²) in [5, 5.41) is 3.28. The van der Waals surface area contributed by atoms with Gasteiger partial charge in [0.05, 0.1) is 7.11 Å². The average Bonchev–Trinajstić information content (AvgIpc) is 2.59. The molecule has 1 N–H and O–H groups in total. The van der Waals surface area contributed by atoms with Gasteiger partial charge < -0.3 is 10.1 Å². The number of nitrogens with one attached hydrogen (secondary N) is 1. The van der Waals surface area contributed by atoms with Gasteiger partial charge in [-0.1, -0.05) is 35.9 Å². The number of hydrogen-bond donors (Lipinski definition) is 1. The number of hydrogen-bond acceptors (Lipinski definition) is 3. The molecule has 120 valence electrons. The van der Waals surface area contributed by atoms with E-state index in [2.05, 4.69) is 5.32 Å². The van der Waals surface area contributed by atoms with Crippen LogP contribution in [-0.4, -0.2) is 18.8 Å². The second-order valence-corrected chi connectivity index (χ2v) is 5.52. The van der Waals surface area contributed by atoms with Gasteiger partial charge >= 0.3 is 0 Å². The largest absolute Gasteiger partial charge is 0.497 e. The summed E-state index contributed by atoms with van der Waals surface area (Å²) in [4.78, 5) is 23.7. The van der Waals surface area contributed by atoms with E-state index in [4.69, 9.17) is 16.3 Å². The smallest absolute Gasteiger partial charge is 0.287 e. The molecule has 0 aliphatic heterocycles. The van der Waals surface area contributed by atoms with Crippen LogP contribution in [0.2, 0.25) is 5.02 Å². The van der Waals surface area contributed by atoms with Crippen LogP contribution in [0.25, 0.3) is 0 Å². The normalized spacial score (nSPS) is 10.2. The second-order valence-electron chi connectivity index (χ2n) is 5.08. The molecule has 2 aromatic rings. The van der Waals surface area contributed by atoms with Crippen LogP contribution >= 0.6 is 11.6 Å². The Bertz CT molecular complexity index is 666. The third-order valence-corrected chi connectivity index (χ3v) is 3.67. The first-order valence-electron chi connectivity index (χ1n) is 7.27. The predicted octanol–water partition coefficient (Wildman–Crippen LogP) is 3.17. The lowest BCUT2D eigenvalue weighted by Crippen LogP contribution is -2.30. The number of carbonyl (C=O) groups is 2. The summed E-state index contributed by atoms with van der Waals surface area (Å²) in [7, 11) is 1.59. The maximum Gasteiger partial charge on any atom is 0.287 e. The predicted molar refractivity (Wildman–Crippen MR) is 89.6 cm³/mol. The van der Waals surface area contributed by atoms with Gasteiger partial charge in [-0.05, 0) is 41.8 Å². The number of amides is 1. The van der Waals surface area contributed by atoms with E-state index >= 15 is 0 Å². The van der Waals surface area contributed by atoms with Crippen molar-refractivity contribution in [3.63, 3.8) is 0 Å². The number of halogens is 1. The van der Waals surface area contributed by atoms with E-state index < -0.39 is 11.7 Å². The molecule has 0 aliphatic carbocycles. The van der Waals surface area contributed by atoms with Crippen LogP contribution in [0.3, 0.4) is 0 Å². The molecule has 23 heavy (non-hydrogen) atoms. The third-order valence-electron chi connectivity index (χ3n) is 3.42. The lowest BCUT2D eigenvalue weighted by molar-refractivity contribution is -0.138. The fourth-order valence-electron chi connectivity index (χ4n) is 2.05. The standard InChI is InChI=1S/C18H18ClNO3/c1-23-16-9-4-14(5-10-16)12-20-18(22)17(21)11-6-13-2-7-15(19)8-3-13/h2-5,7-10H,6,11-12H2,1H3,(H,20,22). The molecule has 0 saturated heterocycles. The topological polar surface area (TPSA) is 55.4 Å². The van der Waals surface area contributed by atoms with Crippen LogP contribution in [0.15, 0.2) is 48.5 Å². The molecule has 1 amide bonds. The Labute approximate surface area is 140 Å². The fourth-order valence-corrected chi connectivity index (χ4v) is 2.17. The molecular weight excluding hydrogens is 314 g/mol. The van der Waals surface area contributed by atoms with Crippen LogP contribution in [0.1, 0.15) is 17.5 Å². The minimum atomic E-state index is -0.560. The molecular formula is C18H18ClNO3. The number of ketones is 1. The zero-order valence-electron chi connectivity index (χ0n) is 12.8. The van der Waals surface area contributed by atoms with E-state index in [0.29, 0.717) is 18.0 Å². The third kappa shape index (κ3) is 5.42. The lowest BCUT2D eigenvalue weighted by Gasteiger charge is -2.06. The Morgan fingerprint density at radius 3 is 2.22 bits per heavy atom. The molecule has 0 radical (unpaired) electrons. The molecule has 2 aromatic carbocycles. The first-order valence-corrected chi connectivity index (χ1v) is 7.64. The summed E-state index contributed by atoms with van der Waals surface area (Å²) in [5.41, 5.74) is 1.88. The van der Waals surface area contributed by atoms with Gasteiger partial charge in [0.25, 0.3) is 5.91 Å². The number of aryl methyl sites for hydroxylation is 1. The van der Waals surface area contributed by atoms with Crippen molar-refractivity contribution >= 4 is 23.3 Å². The molecule has 0 aliphatic rings. The van der Waals surface area contributed by atoms with Crippen LogP contribution in [0.5, 0.6) is 5.75 Å². The highest BCUT2D eigenvalue weighted by Gasteiger charge is 2.13. The highest BCUT2D eigenvalue weighted by atomic mass is 35.5. The Morgan fingerprint density at radius 2 is 1.61 bits per heavy atom. The number of methoxy groups -OCH3 is 1. The van der Waals surface area contributed by atoms with Gasteiger partial charge in [-0.3, -0.25) is 9.59 Å². The zero-order valence-corrected chi connectivity index (χ0v) is 13.6. The minimum absolute atomic E-state index is 0.177. The van der Waals surface area contributed by atoms with E-state index in [1.54, 1.807) is 19.2 Å². The summed E-state index contributed by atoms with van der Waals surface area (Å²) >= 11 is 5.80. The van der Waals surface area contributed by atoms with Crippen LogP contribution in [0, 0.1) is 0 Å². The fraction of sp³-hybridized carbons (Fsp3) is 0.222. The lowest BCUT2D eigenvalue weighted by atomic mass is 10.1. The molecule has 0 spiro atoms. The molecule has 5 heteroatoms. The van der Waals surface area contributed by atoms with Gasteiger partial charge in [-0.15, -0.1) is 0 Å². The number of rotatable bonds is 7. The summed E-state index contributed by atoms with van der Waals surface area (Å²) < 4.78 is 5.06. The number of ether oxygens (including phenoxy) is 1. The van der Waals surface area contributed by atoms with Crippen molar-refractivity contribution < 1.29 is 14.3 Å². The Kier molecular flexibility index (Phi) is 6.18.